The highest BCUT2D eigenvalue weighted by Crippen LogP contribution is 2.34. The molecular weight excluding hydrogens is 943 g/mol. The number of nitro benzene ring substituents is 1. The number of guanidine groups is 4. The molecule has 3 aromatic carbocycles. The normalized spacial score (nSPS) is 13.2. The second kappa shape index (κ2) is 23.4. The molecule has 25 N–H and O–H groups in total. The molecule has 6 amide bonds. The number of benzene rings is 3. The molecule has 0 bridgehead atoms. The van der Waals surface area contributed by atoms with Crippen LogP contribution in [0.1, 0.15) is 17.2 Å². The van der Waals surface area contributed by atoms with Crippen molar-refractivity contribution in [3.8, 4) is 5.75 Å². The van der Waals surface area contributed by atoms with Gasteiger partial charge in [-0.1, -0.05) is 36.4 Å². The SMILES string of the molecule is CN(C)c1ccc(CN(c2ccc([N+](=O)[O-])c3nonc23)C(O)C(=O)NC(C(=O)NC(NC(=N)N)C(=O)NC(NC(=N)N)C(=O)NC(NC(=N)N)C(=O)NC(NC(=N)N)C(N)=O)c2ccccc2)c(O)c1. The Morgan fingerprint density at radius 3 is 1.61 bits per heavy atom. The van der Waals surface area contributed by atoms with Crippen LogP contribution in [0.4, 0.5) is 17.1 Å². The molecule has 71 heavy (non-hydrogen) atoms. The predicted octanol–water partition coefficient (Wildman–Crippen LogP) is -6.73. The highest BCUT2D eigenvalue weighted by molar-refractivity contribution is 6.00. The number of anilines is 2. The molecule has 0 saturated heterocycles. The van der Waals surface area contributed by atoms with Gasteiger partial charge >= 0.3 is 5.69 Å². The lowest BCUT2D eigenvalue weighted by molar-refractivity contribution is -0.383. The third-order valence-electron chi connectivity index (χ3n) is 9.43. The predicted molar refractivity (Wildman–Crippen MR) is 248 cm³/mol. The first-order chi connectivity index (χ1) is 33.4. The molecule has 0 spiro atoms. The summed E-state index contributed by atoms with van der Waals surface area (Å²) in [5.74, 6) is -11.9. The Balaban J connectivity index is 1.67. The third kappa shape index (κ3) is 14.4. The fraction of sp³-hybridized carbons (Fsp3) is 0.243. The van der Waals surface area contributed by atoms with E-state index in [2.05, 4.69) is 42.2 Å². The molecule has 1 heterocycles. The van der Waals surface area contributed by atoms with Crippen LogP contribution in [-0.4, -0.2) is 130 Å². The number of hydrogen-bond donors (Lipinski definition) is 20. The van der Waals surface area contributed by atoms with Crippen molar-refractivity contribution in [3.63, 3.8) is 0 Å². The van der Waals surface area contributed by atoms with Crippen molar-refractivity contribution in [3.05, 3.63) is 81.9 Å². The van der Waals surface area contributed by atoms with Crippen molar-refractivity contribution in [2.75, 3.05) is 23.9 Å². The molecule has 34 heteroatoms. The van der Waals surface area contributed by atoms with Gasteiger partial charge in [0.2, 0.25) is 17.7 Å². The highest BCUT2D eigenvalue weighted by atomic mass is 16.6. The van der Waals surface area contributed by atoms with Crippen LogP contribution in [0.2, 0.25) is 0 Å². The van der Waals surface area contributed by atoms with Crippen LogP contribution in [0.3, 0.4) is 0 Å². The zero-order valence-corrected chi connectivity index (χ0v) is 37.1. The Labute approximate surface area is 398 Å². The first-order valence-electron chi connectivity index (χ1n) is 20.0. The second-order valence-corrected chi connectivity index (χ2v) is 14.8. The van der Waals surface area contributed by atoms with E-state index in [1.165, 1.54) is 36.4 Å². The molecule has 0 radical (unpaired) electrons. The first-order valence-corrected chi connectivity index (χ1v) is 20.0. The summed E-state index contributed by atoms with van der Waals surface area (Å²) in [7, 11) is 3.43. The summed E-state index contributed by atoms with van der Waals surface area (Å²) in [5.41, 5.74) is 26.2. The van der Waals surface area contributed by atoms with Gasteiger partial charge in [-0.2, -0.15) is 0 Å². The average Bonchev–Trinajstić information content (AvgIpc) is 3.79. The number of nitro groups is 1. The number of nitrogens with one attached hydrogen (secondary N) is 13. The molecule has 0 aliphatic carbocycles. The summed E-state index contributed by atoms with van der Waals surface area (Å²) >= 11 is 0. The molecule has 1 aromatic heterocycles. The number of aromatic nitrogens is 2. The Morgan fingerprint density at radius 2 is 1.14 bits per heavy atom. The minimum absolute atomic E-state index is 0.0318. The van der Waals surface area contributed by atoms with Crippen LogP contribution in [0.25, 0.3) is 11.0 Å². The van der Waals surface area contributed by atoms with E-state index >= 15 is 0 Å². The summed E-state index contributed by atoms with van der Waals surface area (Å²) in [4.78, 5) is 94.5. The number of aliphatic hydroxyl groups is 1. The fourth-order valence-electron chi connectivity index (χ4n) is 6.18. The number of nitrogens with zero attached hydrogens (tertiary/aromatic N) is 5. The molecule has 0 fully saturated rings. The van der Waals surface area contributed by atoms with Gasteiger partial charge in [-0.3, -0.25) is 60.5 Å². The van der Waals surface area contributed by atoms with Crippen LogP contribution in [0.5, 0.6) is 5.75 Å². The maximum atomic E-state index is 14.2. The number of aliphatic hydroxyl groups excluding tert-OH is 1. The number of rotatable bonds is 22. The lowest BCUT2D eigenvalue weighted by Gasteiger charge is -2.31. The van der Waals surface area contributed by atoms with Crippen molar-refractivity contribution < 1.29 is 48.5 Å². The third-order valence-corrected chi connectivity index (χ3v) is 9.43. The van der Waals surface area contributed by atoms with Gasteiger partial charge in [-0.05, 0) is 28.0 Å². The summed E-state index contributed by atoms with van der Waals surface area (Å²) < 4.78 is 4.78. The van der Waals surface area contributed by atoms with Gasteiger partial charge in [-0.25, -0.2) is 4.63 Å². The Hall–Kier alpha value is -10.3. The van der Waals surface area contributed by atoms with Gasteiger partial charge in [0.05, 0.1) is 10.6 Å². The van der Waals surface area contributed by atoms with E-state index in [0.717, 1.165) is 17.0 Å². The van der Waals surface area contributed by atoms with Crippen molar-refractivity contribution in [1.82, 2.24) is 58.2 Å². The number of nitrogens with two attached hydrogens (primary N) is 5. The number of non-ortho nitro benzene ring substituents is 1. The smallest absolute Gasteiger partial charge is 0.300 e. The number of phenols is 1. The minimum Gasteiger partial charge on any atom is -0.508 e. The van der Waals surface area contributed by atoms with E-state index in [1.54, 1.807) is 31.1 Å². The van der Waals surface area contributed by atoms with Crippen LogP contribution < -0.4 is 86.3 Å². The first kappa shape index (κ1) is 53.3. The zero-order valence-electron chi connectivity index (χ0n) is 37.1. The minimum atomic E-state index is -2.31. The number of hydrogen-bond acceptors (Lipinski definition) is 19. The van der Waals surface area contributed by atoms with E-state index < -0.39 is 113 Å². The Morgan fingerprint density at radius 1 is 0.662 bits per heavy atom. The monoisotopic (exact) mass is 991 g/mol. The molecule has 0 aliphatic heterocycles. The van der Waals surface area contributed by atoms with Gasteiger partial charge in [0.25, 0.3) is 29.5 Å². The van der Waals surface area contributed by atoms with Gasteiger partial charge < -0.3 is 96.5 Å². The quantitative estimate of drug-likeness (QED) is 0.0114. The number of amides is 6. The Kier molecular flexibility index (Phi) is 17.6. The van der Waals surface area contributed by atoms with Crippen LogP contribution in [0.15, 0.2) is 65.3 Å². The van der Waals surface area contributed by atoms with Crippen molar-refractivity contribution in [1.29, 1.82) is 21.6 Å². The van der Waals surface area contributed by atoms with Gasteiger partial charge in [-0.15, -0.1) is 0 Å². The largest absolute Gasteiger partial charge is 0.508 e. The number of carbonyl (C=O) groups excluding carboxylic acids is 6. The number of phenolic OH excluding ortho intramolecular Hbond substituents is 1. The summed E-state index contributed by atoms with van der Waals surface area (Å²) in [6.07, 6.45) is -10.5. The van der Waals surface area contributed by atoms with Gasteiger partial charge in [0, 0.05) is 44.0 Å². The Bertz CT molecular complexity index is 2720. The molecular formula is C37H49N23O11. The maximum Gasteiger partial charge on any atom is 0.300 e. The van der Waals surface area contributed by atoms with Crippen molar-refractivity contribution in [2.24, 2.45) is 28.7 Å². The lowest BCUT2D eigenvalue weighted by Crippen LogP contribution is -2.68. The van der Waals surface area contributed by atoms with Crippen LogP contribution in [-0.2, 0) is 35.3 Å². The van der Waals surface area contributed by atoms with Crippen molar-refractivity contribution in [2.45, 2.75) is 43.5 Å². The topological polar surface area (TPSA) is 565 Å². The number of fused-ring (bicyclic) bond motifs is 1. The second-order valence-electron chi connectivity index (χ2n) is 14.8. The number of carbonyl (C=O) groups is 6. The number of primary amides is 1. The summed E-state index contributed by atoms with van der Waals surface area (Å²) in [5, 5.41) is 91.4. The lowest BCUT2D eigenvalue weighted by atomic mass is 10.1. The van der Waals surface area contributed by atoms with E-state index in [1.807, 2.05) is 16.0 Å². The molecule has 4 aromatic rings. The fourth-order valence-corrected chi connectivity index (χ4v) is 6.18. The van der Waals surface area contributed by atoms with E-state index in [-0.39, 0.29) is 33.6 Å². The summed E-state index contributed by atoms with van der Waals surface area (Å²) in [6.45, 7) is -0.481. The standard InChI is InChI=1S/C37H49N23O11/c1-58(2)16-9-8-15(19(61)12-16)13-59(17-10-11-18(60(69)70)22-21(17)56-71-57-22)33(68)32(67)47-20(14-6-4-3-5-7-14)28(63)49-25(53-35(41)42)30(65)51-27(55-37(45)46)31(66)50-26(54-36(43)44)29(64)48-24(23(38)62)52-34(39)40/h3-12,20,24-27,33,61,68H,13H2,1-2H3,(H2,38,62)(H,47,67)(H,48,64)(H,49,63)(H,50,66)(H,51,65)(H4,39,40,52)(H4,41,42,53)(H4,43,44,54)(H4,45,46,55). The maximum absolute atomic E-state index is 14.2. The molecule has 0 aliphatic rings. The van der Waals surface area contributed by atoms with E-state index in [4.69, 9.17) is 54.9 Å². The molecule has 4 rings (SSSR count). The summed E-state index contributed by atoms with van der Waals surface area (Å²) in [6, 6.07) is 12.0. The zero-order chi connectivity index (χ0) is 52.9. The van der Waals surface area contributed by atoms with E-state index in [0.29, 0.717) is 5.69 Å². The number of aromatic hydroxyl groups is 1. The average molecular weight is 992 g/mol. The van der Waals surface area contributed by atoms with E-state index in [9.17, 15) is 49.1 Å². The van der Waals surface area contributed by atoms with Crippen LogP contribution >= 0.6 is 0 Å². The van der Waals surface area contributed by atoms with Crippen LogP contribution in [0, 0.1) is 31.8 Å². The van der Waals surface area contributed by atoms with Gasteiger partial charge in [0.1, 0.15) is 11.8 Å². The molecule has 34 nitrogen and oxygen atoms in total. The highest BCUT2D eigenvalue weighted by Gasteiger charge is 2.36. The van der Waals surface area contributed by atoms with Crippen molar-refractivity contribution >= 4 is 87.4 Å². The molecule has 378 valence electrons. The molecule has 6 unspecified atom stereocenters. The molecule has 6 atom stereocenters. The van der Waals surface area contributed by atoms with Gasteiger partial charge in [0.15, 0.2) is 54.0 Å². The molecule has 0 saturated carbocycles.